The maximum absolute atomic E-state index is 12.7. The number of aromatic nitrogens is 1. The first-order chi connectivity index (χ1) is 11.3. The van der Waals surface area contributed by atoms with E-state index >= 15 is 0 Å². The fourth-order valence-corrected chi connectivity index (χ4v) is 2.77. The molecule has 8 heteroatoms. The highest BCUT2D eigenvalue weighted by Crippen LogP contribution is 2.13. The first-order valence-corrected chi connectivity index (χ1v) is 7.79. The molecule has 1 aromatic heterocycles. The molecule has 0 aromatic carbocycles. The molecule has 0 radical (unpaired) electrons. The van der Waals surface area contributed by atoms with Crippen molar-refractivity contribution in [2.45, 2.75) is 13.8 Å². The summed E-state index contributed by atoms with van der Waals surface area (Å²) in [6, 6.07) is 3.14. The Hall–Kier alpha value is -2.64. The van der Waals surface area contributed by atoms with E-state index in [0.29, 0.717) is 12.2 Å². The van der Waals surface area contributed by atoms with Crippen molar-refractivity contribution in [1.82, 2.24) is 20.1 Å². The molecule has 2 heterocycles. The number of aryl methyl sites for hydroxylation is 1. The third-order valence-corrected chi connectivity index (χ3v) is 4.16. The molecule has 1 aliphatic heterocycles. The van der Waals surface area contributed by atoms with Gasteiger partial charge in [0.25, 0.3) is 11.5 Å². The van der Waals surface area contributed by atoms with Crippen LogP contribution in [-0.2, 0) is 9.59 Å². The number of nitrogens with one attached hydrogen (secondary N) is 2. The Morgan fingerprint density at radius 2 is 1.79 bits per heavy atom. The van der Waals surface area contributed by atoms with Gasteiger partial charge in [-0.15, -0.1) is 0 Å². The van der Waals surface area contributed by atoms with Gasteiger partial charge in [-0.1, -0.05) is 0 Å². The average molecular weight is 334 g/mol. The summed E-state index contributed by atoms with van der Waals surface area (Å²) in [5.74, 6) is -1.35. The number of carbonyl (C=O) groups excluding carboxylic acids is 3. The smallest absolute Gasteiger partial charge is 0.260 e. The van der Waals surface area contributed by atoms with Crippen LogP contribution < -0.4 is 10.9 Å². The molecule has 130 valence electrons. The number of nitrogens with zero attached hydrogens (tertiary/aromatic N) is 2. The molecule has 0 spiro atoms. The van der Waals surface area contributed by atoms with E-state index in [1.54, 1.807) is 17.9 Å². The molecular weight excluding hydrogens is 312 g/mol. The quantitative estimate of drug-likeness (QED) is 0.750. The maximum Gasteiger partial charge on any atom is 0.260 e. The molecular formula is C16H22N4O4. The lowest BCUT2D eigenvalue weighted by Crippen LogP contribution is -2.42. The zero-order valence-corrected chi connectivity index (χ0v) is 14.1. The molecule has 0 bridgehead atoms. The highest BCUT2D eigenvalue weighted by Gasteiger charge is 2.31. The van der Waals surface area contributed by atoms with Gasteiger partial charge in [-0.3, -0.25) is 19.2 Å². The predicted octanol–water partition coefficient (Wildman–Crippen LogP) is -0.650. The summed E-state index contributed by atoms with van der Waals surface area (Å²) in [5.41, 5.74) is 0.245. The molecule has 1 unspecified atom stereocenters. The summed E-state index contributed by atoms with van der Waals surface area (Å²) in [7, 11) is 1.52. The number of carbonyl (C=O) groups is 3. The van der Waals surface area contributed by atoms with Gasteiger partial charge in [-0.25, -0.2) is 0 Å². The van der Waals surface area contributed by atoms with Gasteiger partial charge in [0, 0.05) is 45.8 Å². The van der Waals surface area contributed by atoms with E-state index in [0.717, 1.165) is 0 Å². The minimum Gasteiger partial charge on any atom is -0.359 e. The molecule has 1 aromatic rings. The Labute approximate surface area is 139 Å². The third-order valence-electron chi connectivity index (χ3n) is 4.16. The Balaban J connectivity index is 2.28. The molecule has 2 N–H and O–H groups in total. The van der Waals surface area contributed by atoms with Crippen LogP contribution in [0.3, 0.4) is 0 Å². The van der Waals surface area contributed by atoms with Crippen molar-refractivity contribution in [3.63, 3.8) is 0 Å². The van der Waals surface area contributed by atoms with Crippen LogP contribution in [0.1, 0.15) is 23.0 Å². The van der Waals surface area contributed by atoms with Crippen LogP contribution in [0.15, 0.2) is 16.9 Å². The van der Waals surface area contributed by atoms with Crippen LogP contribution in [0.4, 0.5) is 0 Å². The van der Waals surface area contributed by atoms with Crippen LogP contribution in [0.2, 0.25) is 0 Å². The fraction of sp³-hybridized carbons (Fsp3) is 0.500. The van der Waals surface area contributed by atoms with Gasteiger partial charge in [-0.2, -0.15) is 0 Å². The monoisotopic (exact) mass is 334 g/mol. The lowest BCUT2D eigenvalue weighted by molar-refractivity contribution is -0.130. The van der Waals surface area contributed by atoms with E-state index in [1.165, 1.54) is 24.9 Å². The summed E-state index contributed by atoms with van der Waals surface area (Å²) in [6.07, 6.45) is 0. The Kier molecular flexibility index (Phi) is 5.38. The zero-order chi connectivity index (χ0) is 17.9. The van der Waals surface area contributed by atoms with E-state index in [2.05, 4.69) is 10.3 Å². The largest absolute Gasteiger partial charge is 0.359 e. The zero-order valence-electron chi connectivity index (χ0n) is 14.1. The number of pyridine rings is 1. The lowest BCUT2D eigenvalue weighted by atomic mass is 10.1. The normalized spacial score (nSPS) is 18.0. The van der Waals surface area contributed by atoms with Gasteiger partial charge in [0.15, 0.2) is 0 Å². The van der Waals surface area contributed by atoms with Gasteiger partial charge in [0.1, 0.15) is 5.56 Å². The molecule has 2 rings (SSSR count). The van der Waals surface area contributed by atoms with E-state index in [1.807, 2.05) is 0 Å². The van der Waals surface area contributed by atoms with Crippen molar-refractivity contribution in [3.05, 3.63) is 33.7 Å². The molecule has 24 heavy (non-hydrogen) atoms. The second-order valence-corrected chi connectivity index (χ2v) is 5.91. The Bertz CT molecular complexity index is 712. The van der Waals surface area contributed by atoms with Gasteiger partial charge < -0.3 is 20.1 Å². The topological polar surface area (TPSA) is 103 Å². The molecule has 1 fully saturated rings. The second kappa shape index (κ2) is 7.29. The van der Waals surface area contributed by atoms with Crippen LogP contribution in [0.5, 0.6) is 0 Å². The second-order valence-electron chi connectivity index (χ2n) is 5.91. The Morgan fingerprint density at radius 3 is 2.38 bits per heavy atom. The minimum atomic E-state index is -0.533. The van der Waals surface area contributed by atoms with Crippen LogP contribution >= 0.6 is 0 Å². The van der Waals surface area contributed by atoms with Crippen molar-refractivity contribution >= 4 is 17.7 Å². The maximum atomic E-state index is 12.7. The average Bonchev–Trinajstić information content (AvgIpc) is 2.77. The third kappa shape index (κ3) is 3.81. The van der Waals surface area contributed by atoms with Crippen molar-refractivity contribution in [1.29, 1.82) is 0 Å². The molecule has 0 aliphatic carbocycles. The molecule has 1 aliphatic rings. The number of rotatable bonds is 2. The van der Waals surface area contributed by atoms with Crippen molar-refractivity contribution < 1.29 is 14.4 Å². The summed E-state index contributed by atoms with van der Waals surface area (Å²) in [6.45, 7) is 4.19. The summed E-state index contributed by atoms with van der Waals surface area (Å²) < 4.78 is 0. The van der Waals surface area contributed by atoms with Crippen molar-refractivity contribution in [2.75, 3.05) is 33.2 Å². The van der Waals surface area contributed by atoms with Gasteiger partial charge in [0.05, 0.1) is 5.92 Å². The standard InChI is InChI=1S/C16H22N4O4/c1-10-4-5-13(15(23)18-10)16(24)20-7-6-19(11(2)21)8-12(9-20)14(22)17-3/h4-5,12H,6-9H2,1-3H3,(H,17,22)(H,18,23). The predicted molar refractivity (Wildman–Crippen MR) is 87.5 cm³/mol. The van der Waals surface area contributed by atoms with E-state index < -0.39 is 17.4 Å². The highest BCUT2D eigenvalue weighted by molar-refractivity contribution is 5.94. The Morgan fingerprint density at radius 1 is 1.17 bits per heavy atom. The fourth-order valence-electron chi connectivity index (χ4n) is 2.77. The van der Waals surface area contributed by atoms with Gasteiger partial charge in [-0.05, 0) is 19.1 Å². The van der Waals surface area contributed by atoms with Crippen LogP contribution in [0, 0.1) is 12.8 Å². The number of hydrogen-bond donors (Lipinski definition) is 2. The molecule has 0 saturated carbocycles. The molecule has 3 amide bonds. The van der Waals surface area contributed by atoms with Crippen molar-refractivity contribution in [3.8, 4) is 0 Å². The molecule has 8 nitrogen and oxygen atoms in total. The highest BCUT2D eigenvalue weighted by atomic mass is 16.2. The summed E-state index contributed by atoms with van der Waals surface area (Å²) in [5, 5.41) is 2.56. The minimum absolute atomic E-state index is 0.0348. The van der Waals surface area contributed by atoms with Gasteiger partial charge in [0.2, 0.25) is 11.8 Å². The summed E-state index contributed by atoms with van der Waals surface area (Å²) in [4.78, 5) is 54.0. The number of H-pyrrole nitrogens is 1. The SMILES string of the molecule is CNC(=O)C1CN(C(C)=O)CCN(C(=O)c2ccc(C)[nH]c2=O)C1. The first-order valence-electron chi connectivity index (χ1n) is 7.79. The number of hydrogen-bond acceptors (Lipinski definition) is 4. The van der Waals surface area contributed by atoms with Crippen LogP contribution in [0.25, 0.3) is 0 Å². The first kappa shape index (κ1) is 17.7. The van der Waals surface area contributed by atoms with E-state index in [-0.39, 0.29) is 37.0 Å². The molecule has 1 atom stereocenters. The summed E-state index contributed by atoms with van der Waals surface area (Å²) >= 11 is 0. The van der Waals surface area contributed by atoms with E-state index in [4.69, 9.17) is 0 Å². The number of aromatic amines is 1. The van der Waals surface area contributed by atoms with E-state index in [9.17, 15) is 19.2 Å². The van der Waals surface area contributed by atoms with Crippen LogP contribution in [-0.4, -0.2) is 65.7 Å². The number of amides is 3. The molecule has 1 saturated heterocycles. The van der Waals surface area contributed by atoms with Crippen molar-refractivity contribution in [2.24, 2.45) is 5.92 Å². The van der Waals surface area contributed by atoms with Gasteiger partial charge >= 0.3 is 0 Å². The lowest BCUT2D eigenvalue weighted by Gasteiger charge is -2.23.